The third-order valence-corrected chi connectivity index (χ3v) is 3.52. The SMILES string of the molecule is CC(C(=O)O)C1COc2c(N)cc(Br)c(N)c2O1. The van der Waals surface area contributed by atoms with E-state index in [1.807, 2.05) is 0 Å². The molecule has 2 rings (SSSR count). The van der Waals surface area contributed by atoms with Crippen molar-refractivity contribution in [1.29, 1.82) is 0 Å². The van der Waals surface area contributed by atoms with Gasteiger partial charge in [-0.2, -0.15) is 0 Å². The molecule has 2 atom stereocenters. The molecule has 6 nitrogen and oxygen atoms in total. The Balaban J connectivity index is 2.37. The predicted octanol–water partition coefficient (Wildman–Crippen LogP) is 1.47. The van der Waals surface area contributed by atoms with Gasteiger partial charge < -0.3 is 26.0 Å². The lowest BCUT2D eigenvalue weighted by Gasteiger charge is -2.30. The van der Waals surface area contributed by atoms with Gasteiger partial charge in [0.05, 0.1) is 17.3 Å². The van der Waals surface area contributed by atoms with Gasteiger partial charge in [0.15, 0.2) is 11.5 Å². The van der Waals surface area contributed by atoms with Crippen LogP contribution in [0.5, 0.6) is 11.5 Å². The Morgan fingerprint density at radius 2 is 2.22 bits per heavy atom. The summed E-state index contributed by atoms with van der Waals surface area (Å²) in [4.78, 5) is 10.9. The standard InChI is InChI=1S/C11H13BrN2O4/c1-4(11(15)16)7-3-17-9-6(13)2-5(12)8(14)10(9)18-7/h2,4,7H,3,13-14H2,1H3,(H,15,16). The third-order valence-electron chi connectivity index (χ3n) is 2.86. The van der Waals surface area contributed by atoms with Gasteiger partial charge in [0.25, 0.3) is 0 Å². The lowest BCUT2D eigenvalue weighted by Crippen LogP contribution is -2.39. The van der Waals surface area contributed by atoms with E-state index in [2.05, 4.69) is 15.9 Å². The van der Waals surface area contributed by atoms with E-state index in [1.54, 1.807) is 13.0 Å². The molecule has 1 aromatic carbocycles. The van der Waals surface area contributed by atoms with Crippen molar-refractivity contribution in [3.8, 4) is 11.5 Å². The molecule has 0 saturated heterocycles. The van der Waals surface area contributed by atoms with Crippen molar-refractivity contribution in [3.05, 3.63) is 10.5 Å². The van der Waals surface area contributed by atoms with Gasteiger partial charge in [-0.05, 0) is 28.9 Å². The Kier molecular flexibility index (Phi) is 3.25. The van der Waals surface area contributed by atoms with Gasteiger partial charge in [-0.1, -0.05) is 0 Å². The summed E-state index contributed by atoms with van der Waals surface area (Å²) < 4.78 is 11.7. The quantitative estimate of drug-likeness (QED) is 0.713. The fourth-order valence-electron chi connectivity index (χ4n) is 1.66. The van der Waals surface area contributed by atoms with Crippen molar-refractivity contribution in [2.75, 3.05) is 18.1 Å². The summed E-state index contributed by atoms with van der Waals surface area (Å²) >= 11 is 3.25. The first-order valence-corrected chi connectivity index (χ1v) is 6.10. The average Bonchev–Trinajstić information content (AvgIpc) is 2.34. The maximum absolute atomic E-state index is 10.9. The number of hydrogen-bond acceptors (Lipinski definition) is 5. The van der Waals surface area contributed by atoms with Crippen molar-refractivity contribution in [2.45, 2.75) is 13.0 Å². The molecule has 0 aliphatic carbocycles. The number of fused-ring (bicyclic) bond motifs is 1. The van der Waals surface area contributed by atoms with Crippen LogP contribution >= 0.6 is 15.9 Å². The van der Waals surface area contributed by atoms with Gasteiger partial charge >= 0.3 is 5.97 Å². The second-order valence-electron chi connectivity index (χ2n) is 4.11. The molecule has 2 unspecified atom stereocenters. The van der Waals surface area contributed by atoms with E-state index in [0.717, 1.165) is 0 Å². The summed E-state index contributed by atoms with van der Waals surface area (Å²) in [7, 11) is 0. The van der Waals surface area contributed by atoms with Crippen molar-refractivity contribution in [3.63, 3.8) is 0 Å². The molecule has 18 heavy (non-hydrogen) atoms. The topological polar surface area (TPSA) is 108 Å². The first kappa shape index (κ1) is 12.8. The zero-order valence-electron chi connectivity index (χ0n) is 9.64. The molecule has 98 valence electrons. The lowest BCUT2D eigenvalue weighted by atomic mass is 10.0. The zero-order valence-corrected chi connectivity index (χ0v) is 11.2. The normalized spacial score (nSPS) is 19.3. The van der Waals surface area contributed by atoms with E-state index in [0.29, 0.717) is 27.3 Å². The summed E-state index contributed by atoms with van der Waals surface area (Å²) in [5.41, 5.74) is 12.4. The minimum absolute atomic E-state index is 0.131. The summed E-state index contributed by atoms with van der Waals surface area (Å²) in [6, 6.07) is 1.62. The molecular weight excluding hydrogens is 304 g/mol. The highest BCUT2D eigenvalue weighted by atomic mass is 79.9. The van der Waals surface area contributed by atoms with Crippen LogP contribution < -0.4 is 20.9 Å². The number of nitrogens with two attached hydrogens (primary N) is 2. The second kappa shape index (κ2) is 4.56. The molecule has 0 bridgehead atoms. The molecule has 7 heteroatoms. The number of rotatable bonds is 2. The number of carboxylic acid groups (broad SMARTS) is 1. The van der Waals surface area contributed by atoms with E-state index < -0.39 is 18.0 Å². The first-order chi connectivity index (χ1) is 8.41. The number of benzene rings is 1. The van der Waals surface area contributed by atoms with Crippen molar-refractivity contribution in [1.82, 2.24) is 0 Å². The maximum atomic E-state index is 10.9. The third kappa shape index (κ3) is 2.05. The summed E-state index contributed by atoms with van der Waals surface area (Å²) in [6.07, 6.45) is -0.592. The molecule has 0 radical (unpaired) electrons. The number of carboxylic acids is 1. The Hall–Kier alpha value is -1.63. The Morgan fingerprint density at radius 1 is 1.56 bits per heavy atom. The average molecular weight is 317 g/mol. The minimum atomic E-state index is -0.950. The maximum Gasteiger partial charge on any atom is 0.310 e. The molecule has 0 spiro atoms. The lowest BCUT2D eigenvalue weighted by molar-refractivity contribution is -0.145. The monoisotopic (exact) mass is 316 g/mol. The van der Waals surface area contributed by atoms with Crippen LogP contribution in [0.1, 0.15) is 6.92 Å². The zero-order chi connectivity index (χ0) is 13.4. The van der Waals surface area contributed by atoms with Crippen molar-refractivity contribution >= 4 is 33.3 Å². The molecule has 0 amide bonds. The van der Waals surface area contributed by atoms with Crippen LogP contribution in [-0.2, 0) is 4.79 Å². The Bertz CT molecular complexity index is 506. The fourth-order valence-corrected chi connectivity index (χ4v) is 2.09. The number of hydrogen-bond donors (Lipinski definition) is 3. The summed E-state index contributed by atoms with van der Waals surface area (Å²) in [5.74, 6) is -0.984. The summed E-state index contributed by atoms with van der Waals surface area (Å²) in [5, 5.41) is 8.96. The number of halogens is 1. The van der Waals surface area contributed by atoms with Gasteiger partial charge in [0.1, 0.15) is 12.7 Å². The van der Waals surface area contributed by atoms with Crippen LogP contribution in [0.3, 0.4) is 0 Å². The highest BCUT2D eigenvalue weighted by molar-refractivity contribution is 9.10. The Labute approximate surface area is 112 Å². The molecule has 0 fully saturated rings. The molecule has 0 saturated carbocycles. The van der Waals surface area contributed by atoms with Crippen LogP contribution in [0.15, 0.2) is 10.5 Å². The molecular formula is C11H13BrN2O4. The molecule has 5 N–H and O–H groups in total. The van der Waals surface area contributed by atoms with Crippen molar-refractivity contribution < 1.29 is 19.4 Å². The smallest absolute Gasteiger partial charge is 0.310 e. The van der Waals surface area contributed by atoms with E-state index in [4.69, 9.17) is 26.0 Å². The fraction of sp³-hybridized carbons (Fsp3) is 0.364. The van der Waals surface area contributed by atoms with Gasteiger partial charge in [-0.25, -0.2) is 0 Å². The molecule has 0 aromatic heterocycles. The van der Waals surface area contributed by atoms with Crippen LogP contribution in [0, 0.1) is 5.92 Å². The molecule has 1 heterocycles. The second-order valence-corrected chi connectivity index (χ2v) is 4.97. The Morgan fingerprint density at radius 3 is 2.83 bits per heavy atom. The first-order valence-electron chi connectivity index (χ1n) is 5.31. The molecule has 1 aliphatic rings. The molecule has 1 aromatic rings. The van der Waals surface area contributed by atoms with Gasteiger partial charge in [-0.3, -0.25) is 4.79 Å². The van der Waals surface area contributed by atoms with Crippen LogP contribution in [0.4, 0.5) is 11.4 Å². The number of carbonyl (C=O) groups is 1. The van der Waals surface area contributed by atoms with E-state index in [9.17, 15) is 4.79 Å². The number of nitrogen functional groups attached to an aromatic ring is 2. The van der Waals surface area contributed by atoms with Gasteiger partial charge in [0.2, 0.25) is 0 Å². The van der Waals surface area contributed by atoms with Crippen molar-refractivity contribution in [2.24, 2.45) is 5.92 Å². The largest absolute Gasteiger partial charge is 0.484 e. The van der Waals surface area contributed by atoms with Crippen LogP contribution in [0.25, 0.3) is 0 Å². The number of anilines is 2. The molecule has 1 aliphatic heterocycles. The van der Waals surface area contributed by atoms with Crippen LogP contribution in [0.2, 0.25) is 0 Å². The summed E-state index contributed by atoms with van der Waals surface area (Å²) in [6.45, 7) is 1.69. The number of aliphatic carboxylic acids is 1. The van der Waals surface area contributed by atoms with E-state index in [1.165, 1.54) is 0 Å². The van der Waals surface area contributed by atoms with E-state index in [-0.39, 0.29) is 6.61 Å². The van der Waals surface area contributed by atoms with Gasteiger partial charge in [0, 0.05) is 4.47 Å². The highest BCUT2D eigenvalue weighted by Gasteiger charge is 2.33. The van der Waals surface area contributed by atoms with Gasteiger partial charge in [-0.15, -0.1) is 0 Å². The minimum Gasteiger partial charge on any atom is -0.484 e. The number of ether oxygens (including phenoxy) is 2. The van der Waals surface area contributed by atoms with E-state index >= 15 is 0 Å². The highest BCUT2D eigenvalue weighted by Crippen LogP contribution is 2.46. The van der Waals surface area contributed by atoms with Crippen LogP contribution in [-0.4, -0.2) is 23.8 Å². The predicted molar refractivity (Wildman–Crippen MR) is 69.7 cm³/mol.